The first-order valence-electron chi connectivity index (χ1n) is 4.56. The van der Waals surface area contributed by atoms with Crippen molar-refractivity contribution >= 4 is 29.7 Å². The van der Waals surface area contributed by atoms with Gasteiger partial charge in [0.2, 0.25) is 11.9 Å². The van der Waals surface area contributed by atoms with E-state index in [0.29, 0.717) is 5.01 Å². The van der Waals surface area contributed by atoms with Crippen LogP contribution in [0.2, 0.25) is 5.02 Å². The maximum absolute atomic E-state index is 13.3. The van der Waals surface area contributed by atoms with E-state index in [1.165, 1.54) is 25.1 Å². The molecule has 0 unspecified atom stereocenters. The number of nitrogens with zero attached hydrogens (tertiary/aromatic N) is 2. The van der Waals surface area contributed by atoms with Crippen molar-refractivity contribution in [2.45, 2.75) is 6.92 Å². The molecule has 0 heterocycles. The molecule has 1 aromatic carbocycles. The van der Waals surface area contributed by atoms with Gasteiger partial charge in [-0.1, -0.05) is 17.7 Å². The topological polar surface area (TPSA) is 82.5 Å². The number of rotatable bonds is 2. The van der Waals surface area contributed by atoms with Crippen LogP contribution in [0.25, 0.3) is 0 Å². The van der Waals surface area contributed by atoms with Gasteiger partial charge >= 0.3 is 0 Å². The van der Waals surface area contributed by atoms with Crippen molar-refractivity contribution in [3.8, 4) is 0 Å². The van der Waals surface area contributed by atoms with Gasteiger partial charge in [0.1, 0.15) is 5.82 Å². The van der Waals surface area contributed by atoms with Crippen LogP contribution >= 0.6 is 11.6 Å². The van der Waals surface area contributed by atoms with E-state index in [1.54, 1.807) is 0 Å². The molecule has 7 heteroatoms. The van der Waals surface area contributed by atoms with Gasteiger partial charge in [-0.3, -0.25) is 10.2 Å². The van der Waals surface area contributed by atoms with Crippen molar-refractivity contribution in [3.63, 3.8) is 0 Å². The zero-order valence-electron chi connectivity index (χ0n) is 8.95. The van der Waals surface area contributed by atoms with Crippen molar-refractivity contribution in [2.24, 2.45) is 10.8 Å². The molecular weight excluding hydrogens is 247 g/mol. The number of guanidine groups is 1. The lowest BCUT2D eigenvalue weighted by atomic mass is 10.2. The Hall–Kier alpha value is -1.95. The van der Waals surface area contributed by atoms with E-state index in [1.807, 2.05) is 0 Å². The molecule has 0 atom stereocenters. The van der Waals surface area contributed by atoms with Gasteiger partial charge in [0.25, 0.3) is 0 Å². The summed E-state index contributed by atoms with van der Waals surface area (Å²) in [6.45, 7) is 1.18. The summed E-state index contributed by atoms with van der Waals surface area (Å²) in [5.41, 5.74) is 5.16. The highest BCUT2D eigenvalue weighted by atomic mass is 35.5. The standard InChI is InChI=1S/C10H10ClFN4O/c1-6(17)16(10(13)14)15-5-7-8(11)3-2-4-9(7)12/h2-5H,1H3,(H3,13,14)/b15-5+. The predicted octanol–water partition coefficient (Wildman–Crippen LogP) is 1.55. The Labute approximate surface area is 102 Å². The first-order valence-corrected chi connectivity index (χ1v) is 4.94. The highest BCUT2D eigenvalue weighted by Crippen LogP contribution is 2.16. The molecule has 0 spiro atoms. The lowest BCUT2D eigenvalue weighted by molar-refractivity contribution is -0.125. The molecule has 1 aromatic rings. The minimum Gasteiger partial charge on any atom is -0.368 e. The van der Waals surface area contributed by atoms with Crippen molar-refractivity contribution in [2.75, 3.05) is 0 Å². The SMILES string of the molecule is CC(=O)N(/N=C/c1c(F)cccc1Cl)C(=N)N. The van der Waals surface area contributed by atoms with E-state index >= 15 is 0 Å². The number of amides is 1. The monoisotopic (exact) mass is 256 g/mol. The zero-order chi connectivity index (χ0) is 13.0. The summed E-state index contributed by atoms with van der Waals surface area (Å²) in [6.07, 6.45) is 1.04. The summed E-state index contributed by atoms with van der Waals surface area (Å²) < 4.78 is 13.3. The number of carbonyl (C=O) groups excluding carboxylic acids is 1. The molecule has 0 aromatic heterocycles. The number of nitrogens with two attached hydrogens (primary N) is 1. The van der Waals surface area contributed by atoms with Gasteiger partial charge in [-0.05, 0) is 12.1 Å². The molecule has 1 amide bonds. The quantitative estimate of drug-likeness (QED) is 0.478. The van der Waals surface area contributed by atoms with Crippen LogP contribution in [0.1, 0.15) is 12.5 Å². The molecule has 3 N–H and O–H groups in total. The van der Waals surface area contributed by atoms with E-state index in [4.69, 9.17) is 22.7 Å². The van der Waals surface area contributed by atoms with Gasteiger partial charge in [-0.2, -0.15) is 10.1 Å². The van der Waals surface area contributed by atoms with Crippen LogP contribution in [-0.2, 0) is 4.79 Å². The molecule has 5 nitrogen and oxygen atoms in total. The third kappa shape index (κ3) is 3.25. The van der Waals surface area contributed by atoms with Crippen molar-refractivity contribution < 1.29 is 9.18 Å². The Bertz CT molecular complexity index is 455. The molecule has 0 saturated heterocycles. The molecule has 0 aliphatic heterocycles. The molecule has 0 bridgehead atoms. The van der Waals surface area contributed by atoms with Gasteiger partial charge in [0.05, 0.1) is 11.2 Å². The van der Waals surface area contributed by atoms with Crippen LogP contribution in [0.4, 0.5) is 4.39 Å². The van der Waals surface area contributed by atoms with Crippen molar-refractivity contribution in [3.05, 3.63) is 34.6 Å². The summed E-state index contributed by atoms with van der Waals surface area (Å²) >= 11 is 5.75. The molecule has 1 rings (SSSR count). The van der Waals surface area contributed by atoms with E-state index in [2.05, 4.69) is 5.10 Å². The van der Waals surface area contributed by atoms with E-state index in [0.717, 1.165) is 6.21 Å². The summed E-state index contributed by atoms with van der Waals surface area (Å²) in [7, 11) is 0. The van der Waals surface area contributed by atoms with Crippen LogP contribution in [0.15, 0.2) is 23.3 Å². The average molecular weight is 257 g/mol. The van der Waals surface area contributed by atoms with Crippen LogP contribution < -0.4 is 5.73 Å². The first kappa shape index (κ1) is 13.1. The second-order valence-electron chi connectivity index (χ2n) is 3.10. The minimum atomic E-state index is -0.576. The van der Waals surface area contributed by atoms with Crippen molar-refractivity contribution in [1.82, 2.24) is 5.01 Å². The number of halogens is 2. The van der Waals surface area contributed by atoms with Gasteiger partial charge in [-0.15, -0.1) is 0 Å². The lowest BCUT2D eigenvalue weighted by Gasteiger charge is -2.11. The van der Waals surface area contributed by atoms with E-state index < -0.39 is 17.7 Å². The third-order valence-electron chi connectivity index (χ3n) is 1.83. The molecule has 0 radical (unpaired) electrons. The Kier molecular flexibility index (Phi) is 4.17. The number of benzene rings is 1. The average Bonchev–Trinajstić information content (AvgIpc) is 2.21. The van der Waals surface area contributed by atoms with Gasteiger partial charge in [0, 0.05) is 12.5 Å². The maximum atomic E-state index is 13.3. The number of hydrogen-bond acceptors (Lipinski definition) is 3. The van der Waals surface area contributed by atoms with Crippen LogP contribution in [0.3, 0.4) is 0 Å². The summed E-state index contributed by atoms with van der Waals surface area (Å²) in [6, 6.07) is 4.14. The summed E-state index contributed by atoms with van der Waals surface area (Å²) in [4.78, 5) is 11.0. The minimum absolute atomic E-state index is 0.0293. The number of hydrogen-bond donors (Lipinski definition) is 2. The Balaban J connectivity index is 3.04. The molecule has 0 aliphatic rings. The summed E-state index contributed by atoms with van der Waals surface area (Å²) in [5.74, 6) is -1.68. The third-order valence-corrected chi connectivity index (χ3v) is 2.16. The number of carbonyl (C=O) groups is 1. The molecule has 0 fully saturated rings. The largest absolute Gasteiger partial charge is 0.368 e. The molecule has 17 heavy (non-hydrogen) atoms. The smallest absolute Gasteiger partial charge is 0.246 e. The Morgan fingerprint density at radius 3 is 2.76 bits per heavy atom. The molecular formula is C10H10ClFN4O. The fourth-order valence-corrected chi connectivity index (χ4v) is 1.27. The highest BCUT2D eigenvalue weighted by Gasteiger charge is 2.10. The number of hydrazone groups is 1. The summed E-state index contributed by atoms with van der Waals surface area (Å²) in [5, 5.41) is 11.5. The normalized spacial score (nSPS) is 10.5. The predicted molar refractivity (Wildman–Crippen MR) is 63.4 cm³/mol. The number of nitrogens with one attached hydrogen (secondary N) is 1. The van der Waals surface area contributed by atoms with Gasteiger partial charge in [-0.25, -0.2) is 4.39 Å². The zero-order valence-corrected chi connectivity index (χ0v) is 9.70. The Morgan fingerprint density at radius 2 is 2.29 bits per heavy atom. The van der Waals surface area contributed by atoms with Gasteiger partial charge < -0.3 is 5.73 Å². The fraction of sp³-hybridized carbons (Fsp3) is 0.100. The molecule has 0 aliphatic carbocycles. The maximum Gasteiger partial charge on any atom is 0.246 e. The van der Waals surface area contributed by atoms with Crippen LogP contribution in [-0.4, -0.2) is 23.1 Å². The second-order valence-corrected chi connectivity index (χ2v) is 3.50. The Morgan fingerprint density at radius 1 is 1.65 bits per heavy atom. The van der Waals surface area contributed by atoms with Crippen LogP contribution in [0, 0.1) is 11.2 Å². The van der Waals surface area contributed by atoms with E-state index in [-0.39, 0.29) is 10.6 Å². The van der Waals surface area contributed by atoms with Crippen molar-refractivity contribution in [1.29, 1.82) is 5.41 Å². The molecule has 0 saturated carbocycles. The van der Waals surface area contributed by atoms with Crippen LogP contribution in [0.5, 0.6) is 0 Å². The second kappa shape index (κ2) is 5.40. The lowest BCUT2D eigenvalue weighted by Crippen LogP contribution is -2.35. The molecule has 90 valence electrons. The van der Waals surface area contributed by atoms with Gasteiger partial charge in [0.15, 0.2) is 0 Å². The van der Waals surface area contributed by atoms with E-state index in [9.17, 15) is 9.18 Å². The fourth-order valence-electron chi connectivity index (χ4n) is 1.06. The highest BCUT2D eigenvalue weighted by molar-refractivity contribution is 6.33. The first-order chi connectivity index (χ1) is 7.93.